The highest BCUT2D eigenvalue weighted by Crippen LogP contribution is 2.13. The Morgan fingerprint density at radius 3 is 2.56 bits per heavy atom. The summed E-state index contributed by atoms with van der Waals surface area (Å²) in [5.74, 6) is 0.577. The van der Waals surface area contributed by atoms with E-state index < -0.39 is 0 Å². The maximum Gasteiger partial charge on any atom is 0.225 e. The van der Waals surface area contributed by atoms with Gasteiger partial charge >= 0.3 is 0 Å². The molecule has 0 aromatic heterocycles. The molecule has 1 aliphatic rings. The highest BCUT2D eigenvalue weighted by molar-refractivity contribution is 5.78. The number of carbonyl (C=O) groups excluding carboxylic acids is 1. The van der Waals surface area contributed by atoms with Crippen LogP contribution in [0.1, 0.15) is 46.0 Å². The molecule has 1 atom stereocenters. The lowest BCUT2D eigenvalue weighted by Crippen LogP contribution is -2.48. The van der Waals surface area contributed by atoms with Gasteiger partial charge in [-0.25, -0.2) is 0 Å². The van der Waals surface area contributed by atoms with Crippen LogP contribution >= 0.6 is 0 Å². The number of nitrogens with zero attached hydrogens (tertiary/aromatic N) is 1. The van der Waals surface area contributed by atoms with Crippen molar-refractivity contribution in [3.8, 4) is 0 Å². The molecule has 1 saturated heterocycles. The SMILES string of the molecule is CCCCCCC(C)C(=O)N1CCNCC1. The van der Waals surface area contributed by atoms with Gasteiger partial charge in [-0.2, -0.15) is 0 Å². The first-order valence-corrected chi connectivity index (χ1v) is 6.75. The number of unbranched alkanes of at least 4 members (excludes halogenated alkanes) is 3. The number of piperazine rings is 1. The molecule has 0 aromatic carbocycles. The molecule has 1 amide bonds. The molecule has 1 rings (SSSR count). The maximum atomic E-state index is 12.1. The molecule has 0 aliphatic carbocycles. The van der Waals surface area contributed by atoms with Crippen LogP contribution in [-0.2, 0) is 4.79 Å². The van der Waals surface area contributed by atoms with Gasteiger partial charge in [0.2, 0.25) is 5.91 Å². The zero-order valence-electron chi connectivity index (χ0n) is 10.8. The van der Waals surface area contributed by atoms with E-state index in [0.717, 1.165) is 32.6 Å². The van der Waals surface area contributed by atoms with Crippen LogP contribution in [0, 0.1) is 5.92 Å². The van der Waals surface area contributed by atoms with Crippen molar-refractivity contribution in [3.63, 3.8) is 0 Å². The molecular weight excluding hydrogens is 200 g/mol. The van der Waals surface area contributed by atoms with E-state index in [9.17, 15) is 4.79 Å². The van der Waals surface area contributed by atoms with Crippen molar-refractivity contribution in [2.24, 2.45) is 5.92 Å². The fraction of sp³-hybridized carbons (Fsp3) is 0.923. The van der Waals surface area contributed by atoms with Gasteiger partial charge in [0.25, 0.3) is 0 Å². The molecule has 1 fully saturated rings. The molecule has 0 radical (unpaired) electrons. The second-order valence-corrected chi connectivity index (χ2v) is 4.83. The van der Waals surface area contributed by atoms with Crippen LogP contribution in [-0.4, -0.2) is 37.0 Å². The lowest BCUT2D eigenvalue weighted by molar-refractivity contribution is -0.135. The van der Waals surface area contributed by atoms with Gasteiger partial charge in [-0.1, -0.05) is 39.5 Å². The quantitative estimate of drug-likeness (QED) is 0.703. The van der Waals surface area contributed by atoms with E-state index in [1.807, 2.05) is 4.90 Å². The summed E-state index contributed by atoms with van der Waals surface area (Å²) in [6.07, 6.45) is 6.10. The fourth-order valence-electron chi connectivity index (χ4n) is 2.20. The minimum absolute atomic E-state index is 0.218. The molecule has 3 nitrogen and oxygen atoms in total. The van der Waals surface area contributed by atoms with Gasteiger partial charge in [-0.3, -0.25) is 4.79 Å². The van der Waals surface area contributed by atoms with Gasteiger partial charge in [-0.15, -0.1) is 0 Å². The van der Waals surface area contributed by atoms with Crippen molar-refractivity contribution in [1.82, 2.24) is 10.2 Å². The van der Waals surface area contributed by atoms with Crippen molar-refractivity contribution in [2.45, 2.75) is 46.0 Å². The first kappa shape index (κ1) is 13.5. The molecule has 1 heterocycles. The molecule has 16 heavy (non-hydrogen) atoms. The number of hydrogen-bond acceptors (Lipinski definition) is 2. The van der Waals surface area contributed by atoms with Crippen molar-refractivity contribution < 1.29 is 4.79 Å². The van der Waals surface area contributed by atoms with Crippen LogP contribution < -0.4 is 5.32 Å². The Morgan fingerprint density at radius 2 is 1.94 bits per heavy atom. The van der Waals surface area contributed by atoms with E-state index in [1.165, 1.54) is 25.7 Å². The first-order valence-electron chi connectivity index (χ1n) is 6.75. The van der Waals surface area contributed by atoms with Crippen LogP contribution in [0.3, 0.4) is 0 Å². The van der Waals surface area contributed by atoms with Gasteiger partial charge in [0, 0.05) is 32.1 Å². The zero-order chi connectivity index (χ0) is 11.8. The van der Waals surface area contributed by atoms with E-state index in [-0.39, 0.29) is 5.92 Å². The fourth-order valence-corrected chi connectivity index (χ4v) is 2.20. The van der Waals surface area contributed by atoms with Gasteiger partial charge in [0.15, 0.2) is 0 Å². The van der Waals surface area contributed by atoms with E-state index in [1.54, 1.807) is 0 Å². The van der Waals surface area contributed by atoms with Crippen molar-refractivity contribution in [2.75, 3.05) is 26.2 Å². The maximum absolute atomic E-state index is 12.1. The van der Waals surface area contributed by atoms with Crippen LogP contribution in [0.4, 0.5) is 0 Å². The Hall–Kier alpha value is -0.570. The number of nitrogens with one attached hydrogen (secondary N) is 1. The third-order valence-electron chi connectivity index (χ3n) is 3.34. The Balaban J connectivity index is 2.18. The van der Waals surface area contributed by atoms with Crippen molar-refractivity contribution in [1.29, 1.82) is 0 Å². The summed E-state index contributed by atoms with van der Waals surface area (Å²) < 4.78 is 0. The van der Waals surface area contributed by atoms with Crippen molar-refractivity contribution in [3.05, 3.63) is 0 Å². The second kappa shape index (κ2) is 7.66. The predicted octanol–water partition coefficient (Wildman–Crippen LogP) is 2.02. The number of amides is 1. The normalized spacial score (nSPS) is 18.5. The van der Waals surface area contributed by atoms with E-state index in [4.69, 9.17) is 0 Å². The van der Waals surface area contributed by atoms with E-state index >= 15 is 0 Å². The number of rotatable bonds is 6. The van der Waals surface area contributed by atoms with E-state index in [2.05, 4.69) is 19.2 Å². The molecule has 1 N–H and O–H groups in total. The largest absolute Gasteiger partial charge is 0.340 e. The highest BCUT2D eigenvalue weighted by atomic mass is 16.2. The zero-order valence-corrected chi connectivity index (χ0v) is 10.8. The Morgan fingerprint density at radius 1 is 1.25 bits per heavy atom. The standard InChI is InChI=1S/C13H26N2O/c1-3-4-5-6-7-12(2)13(16)15-10-8-14-9-11-15/h12,14H,3-11H2,1-2H3. The molecule has 1 unspecified atom stereocenters. The van der Waals surface area contributed by atoms with Crippen molar-refractivity contribution >= 4 is 5.91 Å². The Kier molecular flexibility index (Phi) is 6.46. The van der Waals surface area contributed by atoms with Crippen LogP contribution in [0.15, 0.2) is 0 Å². The van der Waals surface area contributed by atoms with Gasteiger partial charge in [-0.05, 0) is 6.42 Å². The summed E-state index contributed by atoms with van der Waals surface area (Å²) in [6, 6.07) is 0. The van der Waals surface area contributed by atoms with Crippen LogP contribution in [0.25, 0.3) is 0 Å². The smallest absolute Gasteiger partial charge is 0.225 e. The highest BCUT2D eigenvalue weighted by Gasteiger charge is 2.21. The summed E-state index contributed by atoms with van der Waals surface area (Å²) in [5.41, 5.74) is 0. The molecule has 0 bridgehead atoms. The van der Waals surface area contributed by atoms with Gasteiger partial charge < -0.3 is 10.2 Å². The van der Waals surface area contributed by atoms with Gasteiger partial charge in [0.05, 0.1) is 0 Å². The predicted molar refractivity (Wildman–Crippen MR) is 67.4 cm³/mol. The van der Waals surface area contributed by atoms with Crippen LogP contribution in [0.2, 0.25) is 0 Å². The minimum atomic E-state index is 0.218. The summed E-state index contributed by atoms with van der Waals surface area (Å²) in [6.45, 7) is 7.98. The average molecular weight is 226 g/mol. The lowest BCUT2D eigenvalue weighted by atomic mass is 10.0. The minimum Gasteiger partial charge on any atom is -0.340 e. The summed E-state index contributed by atoms with van der Waals surface area (Å²) in [7, 11) is 0. The molecule has 0 aromatic rings. The molecule has 0 saturated carbocycles. The summed E-state index contributed by atoms with van der Waals surface area (Å²) in [4.78, 5) is 14.1. The Bertz CT molecular complexity index is 200. The lowest BCUT2D eigenvalue weighted by Gasteiger charge is -2.29. The summed E-state index contributed by atoms with van der Waals surface area (Å²) >= 11 is 0. The Labute approximate surface area is 99.6 Å². The van der Waals surface area contributed by atoms with E-state index in [0.29, 0.717) is 5.91 Å². The van der Waals surface area contributed by atoms with Gasteiger partial charge in [0.1, 0.15) is 0 Å². The topological polar surface area (TPSA) is 32.3 Å². The molecule has 94 valence electrons. The molecule has 3 heteroatoms. The second-order valence-electron chi connectivity index (χ2n) is 4.83. The summed E-state index contributed by atoms with van der Waals surface area (Å²) in [5, 5.41) is 3.27. The van der Waals surface area contributed by atoms with Crippen LogP contribution in [0.5, 0.6) is 0 Å². The number of hydrogen-bond donors (Lipinski definition) is 1. The molecule has 0 spiro atoms. The average Bonchev–Trinajstić information content (AvgIpc) is 2.34. The molecule has 1 aliphatic heterocycles. The monoisotopic (exact) mass is 226 g/mol. The number of carbonyl (C=O) groups is 1. The third kappa shape index (κ3) is 4.52. The molecular formula is C13H26N2O. The first-order chi connectivity index (χ1) is 7.75. The third-order valence-corrected chi connectivity index (χ3v) is 3.34.